The Morgan fingerprint density at radius 2 is 1.78 bits per heavy atom. The van der Waals surface area contributed by atoms with Crippen molar-refractivity contribution < 1.29 is 19.1 Å². The fourth-order valence-electron chi connectivity index (χ4n) is 5.57. The van der Waals surface area contributed by atoms with Crippen LogP contribution in [0.5, 0.6) is 0 Å². The van der Waals surface area contributed by atoms with Gasteiger partial charge in [-0.05, 0) is 48.9 Å². The number of benzene rings is 2. The molecule has 0 aromatic heterocycles. The number of amides is 2. The number of piperidine rings is 1. The summed E-state index contributed by atoms with van der Waals surface area (Å²) in [5, 5.41) is 0. The molecule has 3 aliphatic heterocycles. The van der Waals surface area contributed by atoms with Crippen molar-refractivity contribution in [3.8, 4) is 0 Å². The average molecular weight is 433 g/mol. The second-order valence-corrected chi connectivity index (χ2v) is 8.83. The highest BCUT2D eigenvalue weighted by Crippen LogP contribution is 2.46. The van der Waals surface area contributed by atoms with E-state index in [4.69, 9.17) is 4.74 Å². The van der Waals surface area contributed by atoms with Gasteiger partial charge in [-0.1, -0.05) is 42.5 Å². The van der Waals surface area contributed by atoms with Crippen LogP contribution in [0, 0.1) is 5.92 Å². The van der Waals surface area contributed by atoms with E-state index in [1.807, 2.05) is 52.3 Å². The van der Waals surface area contributed by atoms with Crippen LogP contribution >= 0.6 is 0 Å². The van der Waals surface area contributed by atoms with Crippen molar-refractivity contribution in [2.45, 2.75) is 38.1 Å². The first-order valence-electron chi connectivity index (χ1n) is 11.5. The topological polar surface area (TPSA) is 66.9 Å². The van der Waals surface area contributed by atoms with E-state index in [0.29, 0.717) is 31.8 Å². The number of ether oxygens (including phenoxy) is 1. The van der Waals surface area contributed by atoms with Gasteiger partial charge in [-0.3, -0.25) is 14.4 Å². The molecule has 5 rings (SSSR count). The SMILES string of the molecule is CCOC(=O)C1CCCN(C(=O)C2c3ccccc3C(=O)N3CCc4ccccc4C23)C1. The molecule has 0 bridgehead atoms. The number of likely N-dealkylation sites (tertiary alicyclic amines) is 1. The van der Waals surface area contributed by atoms with Gasteiger partial charge in [-0.2, -0.15) is 0 Å². The summed E-state index contributed by atoms with van der Waals surface area (Å²) < 4.78 is 5.23. The number of hydrogen-bond donors (Lipinski definition) is 0. The molecule has 2 amide bonds. The molecule has 3 atom stereocenters. The van der Waals surface area contributed by atoms with Crippen molar-refractivity contribution >= 4 is 17.8 Å². The Balaban J connectivity index is 1.55. The molecule has 1 saturated heterocycles. The number of nitrogens with zero attached hydrogens (tertiary/aromatic N) is 2. The fourth-order valence-corrected chi connectivity index (χ4v) is 5.57. The molecule has 1 fully saturated rings. The van der Waals surface area contributed by atoms with Crippen molar-refractivity contribution in [3.63, 3.8) is 0 Å². The standard InChI is InChI=1S/C26H28N2O4/c1-2-32-26(31)18-9-7-14-27(16-18)25(30)22-20-11-5-6-12-21(20)24(29)28-15-13-17-8-3-4-10-19(17)23(22)28/h3-6,8,10-12,18,22-23H,2,7,9,13-16H2,1H3. The fraction of sp³-hybridized carbons (Fsp3) is 0.423. The van der Waals surface area contributed by atoms with Crippen molar-refractivity contribution in [2.24, 2.45) is 5.92 Å². The maximum Gasteiger partial charge on any atom is 0.310 e. The Morgan fingerprint density at radius 1 is 1.03 bits per heavy atom. The minimum absolute atomic E-state index is 0.00722. The smallest absolute Gasteiger partial charge is 0.310 e. The first kappa shape index (κ1) is 20.7. The van der Waals surface area contributed by atoms with Crippen molar-refractivity contribution in [1.29, 1.82) is 0 Å². The predicted octanol–water partition coefficient (Wildman–Crippen LogP) is 3.33. The molecule has 3 aliphatic rings. The van der Waals surface area contributed by atoms with Gasteiger partial charge in [0.05, 0.1) is 24.5 Å². The first-order valence-corrected chi connectivity index (χ1v) is 11.5. The lowest BCUT2D eigenvalue weighted by atomic mass is 9.75. The first-order chi connectivity index (χ1) is 15.6. The summed E-state index contributed by atoms with van der Waals surface area (Å²) in [5.41, 5.74) is 3.65. The van der Waals surface area contributed by atoms with Crippen LogP contribution in [-0.2, 0) is 20.7 Å². The molecule has 0 spiro atoms. The molecule has 6 heteroatoms. The van der Waals surface area contributed by atoms with Crippen LogP contribution in [0.4, 0.5) is 0 Å². The van der Waals surface area contributed by atoms with Gasteiger partial charge in [0.1, 0.15) is 0 Å². The van der Waals surface area contributed by atoms with Crippen LogP contribution < -0.4 is 0 Å². The van der Waals surface area contributed by atoms with E-state index in [0.717, 1.165) is 30.4 Å². The number of carbonyl (C=O) groups is 3. The van der Waals surface area contributed by atoms with E-state index in [1.165, 1.54) is 5.56 Å². The maximum atomic E-state index is 14.0. The second-order valence-electron chi connectivity index (χ2n) is 8.83. The average Bonchev–Trinajstić information content (AvgIpc) is 2.84. The lowest BCUT2D eigenvalue weighted by molar-refractivity contribution is -0.151. The third kappa shape index (κ3) is 3.38. The third-order valence-electron chi connectivity index (χ3n) is 7.05. The monoisotopic (exact) mass is 432 g/mol. The van der Waals surface area contributed by atoms with Gasteiger partial charge in [0.2, 0.25) is 5.91 Å². The van der Waals surface area contributed by atoms with E-state index in [-0.39, 0.29) is 29.7 Å². The summed E-state index contributed by atoms with van der Waals surface area (Å²) in [4.78, 5) is 43.5. The lowest BCUT2D eigenvalue weighted by Crippen LogP contribution is -2.52. The zero-order valence-corrected chi connectivity index (χ0v) is 18.3. The molecule has 2 aromatic rings. The van der Waals surface area contributed by atoms with Gasteiger partial charge in [0, 0.05) is 25.2 Å². The molecule has 3 heterocycles. The summed E-state index contributed by atoms with van der Waals surface area (Å²) >= 11 is 0. The van der Waals surface area contributed by atoms with Crippen LogP contribution in [0.1, 0.15) is 58.8 Å². The highest BCUT2D eigenvalue weighted by molar-refractivity contribution is 6.01. The number of esters is 1. The van der Waals surface area contributed by atoms with E-state index in [2.05, 4.69) is 6.07 Å². The van der Waals surface area contributed by atoms with Crippen LogP contribution in [-0.4, -0.2) is 53.8 Å². The lowest BCUT2D eigenvalue weighted by Gasteiger charge is -2.46. The van der Waals surface area contributed by atoms with Gasteiger partial charge >= 0.3 is 5.97 Å². The van der Waals surface area contributed by atoms with Crippen molar-refractivity contribution in [3.05, 3.63) is 70.8 Å². The highest BCUT2D eigenvalue weighted by atomic mass is 16.5. The zero-order chi connectivity index (χ0) is 22.2. The van der Waals surface area contributed by atoms with E-state index >= 15 is 0 Å². The normalized spacial score (nSPS) is 24.3. The molecule has 0 aliphatic carbocycles. The number of fused-ring (bicyclic) bond motifs is 4. The molecular weight excluding hydrogens is 404 g/mol. The Labute approximate surface area is 188 Å². The van der Waals surface area contributed by atoms with Gasteiger partial charge < -0.3 is 14.5 Å². The van der Waals surface area contributed by atoms with Gasteiger partial charge in [-0.25, -0.2) is 0 Å². The van der Waals surface area contributed by atoms with Crippen molar-refractivity contribution in [2.75, 3.05) is 26.2 Å². The quantitative estimate of drug-likeness (QED) is 0.698. The third-order valence-corrected chi connectivity index (χ3v) is 7.05. The van der Waals surface area contributed by atoms with Crippen LogP contribution in [0.2, 0.25) is 0 Å². The summed E-state index contributed by atoms with van der Waals surface area (Å²) in [6.07, 6.45) is 2.30. The Hall–Kier alpha value is -3.15. The molecule has 0 N–H and O–H groups in total. The minimum Gasteiger partial charge on any atom is -0.466 e. The number of rotatable bonds is 3. The molecule has 0 radical (unpaired) electrons. The summed E-state index contributed by atoms with van der Waals surface area (Å²) in [6.45, 7) is 3.74. The molecule has 32 heavy (non-hydrogen) atoms. The van der Waals surface area contributed by atoms with Gasteiger partial charge in [-0.15, -0.1) is 0 Å². The van der Waals surface area contributed by atoms with E-state index < -0.39 is 5.92 Å². The van der Waals surface area contributed by atoms with E-state index in [1.54, 1.807) is 6.92 Å². The Kier molecular flexibility index (Phi) is 5.45. The second kappa shape index (κ2) is 8.41. The van der Waals surface area contributed by atoms with Crippen LogP contribution in [0.3, 0.4) is 0 Å². The molecule has 2 aromatic carbocycles. The Morgan fingerprint density at radius 3 is 2.59 bits per heavy atom. The minimum atomic E-state index is -0.480. The number of hydrogen-bond acceptors (Lipinski definition) is 4. The molecule has 6 nitrogen and oxygen atoms in total. The molecule has 0 saturated carbocycles. The number of carbonyl (C=O) groups excluding carboxylic acids is 3. The molecular formula is C26H28N2O4. The van der Waals surface area contributed by atoms with Crippen LogP contribution in [0.15, 0.2) is 48.5 Å². The highest BCUT2D eigenvalue weighted by Gasteiger charge is 2.47. The van der Waals surface area contributed by atoms with Crippen molar-refractivity contribution in [1.82, 2.24) is 9.80 Å². The summed E-state index contributed by atoms with van der Waals surface area (Å²) in [6, 6.07) is 15.3. The molecule has 166 valence electrons. The summed E-state index contributed by atoms with van der Waals surface area (Å²) in [7, 11) is 0. The van der Waals surface area contributed by atoms with E-state index in [9.17, 15) is 14.4 Å². The molecule has 3 unspecified atom stereocenters. The Bertz CT molecular complexity index is 1070. The maximum absolute atomic E-state index is 14.0. The van der Waals surface area contributed by atoms with Gasteiger partial charge in [0.15, 0.2) is 0 Å². The predicted molar refractivity (Wildman–Crippen MR) is 119 cm³/mol. The summed E-state index contributed by atoms with van der Waals surface area (Å²) in [5.74, 6) is -1.01. The van der Waals surface area contributed by atoms with Gasteiger partial charge in [0.25, 0.3) is 5.91 Å². The zero-order valence-electron chi connectivity index (χ0n) is 18.3. The van der Waals surface area contributed by atoms with Crippen LogP contribution in [0.25, 0.3) is 0 Å². The largest absolute Gasteiger partial charge is 0.466 e.